The Labute approximate surface area is 162 Å². The molecule has 1 amide bonds. The van der Waals surface area contributed by atoms with Gasteiger partial charge in [-0.1, -0.05) is 12.1 Å². The van der Waals surface area contributed by atoms with Crippen LogP contribution in [0.2, 0.25) is 0 Å². The van der Waals surface area contributed by atoms with E-state index in [2.05, 4.69) is 20.0 Å². The number of fused-ring (bicyclic) bond motifs is 1. The van der Waals surface area contributed by atoms with Crippen LogP contribution >= 0.6 is 0 Å². The number of nitrogens with zero attached hydrogens (tertiary/aromatic N) is 1. The number of carbonyl (C=O) groups is 2. The van der Waals surface area contributed by atoms with Crippen LogP contribution in [0.5, 0.6) is 5.75 Å². The number of pyridine rings is 1. The van der Waals surface area contributed by atoms with Crippen LogP contribution in [0.25, 0.3) is 22.5 Å². The summed E-state index contributed by atoms with van der Waals surface area (Å²) < 4.78 is 42.2. The first-order chi connectivity index (χ1) is 13.8. The van der Waals surface area contributed by atoms with Crippen LogP contribution in [0.3, 0.4) is 0 Å². The maximum Gasteiger partial charge on any atom is 0.491 e. The van der Waals surface area contributed by atoms with Gasteiger partial charge in [0.05, 0.1) is 11.3 Å². The van der Waals surface area contributed by atoms with Crippen LogP contribution in [-0.4, -0.2) is 34.6 Å². The molecule has 0 fully saturated rings. The Morgan fingerprint density at radius 2 is 1.90 bits per heavy atom. The molecule has 29 heavy (non-hydrogen) atoms. The van der Waals surface area contributed by atoms with Gasteiger partial charge in [0.25, 0.3) is 5.91 Å². The maximum atomic E-state index is 12.6. The molecule has 1 aromatic carbocycles. The zero-order valence-corrected chi connectivity index (χ0v) is 14.8. The molecule has 9 heteroatoms. The van der Waals surface area contributed by atoms with E-state index >= 15 is 0 Å². The van der Waals surface area contributed by atoms with E-state index in [1.807, 2.05) is 0 Å². The van der Waals surface area contributed by atoms with Crippen LogP contribution in [-0.2, 0) is 11.2 Å². The Morgan fingerprint density at radius 1 is 1.10 bits per heavy atom. The fourth-order valence-corrected chi connectivity index (χ4v) is 3.12. The molecule has 4 rings (SSSR count). The quantitative estimate of drug-likeness (QED) is 0.520. The van der Waals surface area contributed by atoms with Gasteiger partial charge in [0.15, 0.2) is 0 Å². The van der Waals surface area contributed by atoms with Gasteiger partial charge in [-0.25, -0.2) is 4.79 Å². The Morgan fingerprint density at radius 3 is 2.66 bits per heavy atom. The van der Waals surface area contributed by atoms with Crippen LogP contribution in [0.15, 0.2) is 48.7 Å². The van der Waals surface area contributed by atoms with Crippen molar-refractivity contribution in [2.75, 3.05) is 6.54 Å². The number of esters is 1. The largest absolute Gasteiger partial charge is 0.491 e. The van der Waals surface area contributed by atoms with Crippen molar-refractivity contribution in [2.45, 2.75) is 12.6 Å². The van der Waals surface area contributed by atoms with Gasteiger partial charge in [-0.3, -0.25) is 9.78 Å². The third-order valence-electron chi connectivity index (χ3n) is 4.47. The highest BCUT2D eigenvalue weighted by molar-refractivity contribution is 5.97. The summed E-state index contributed by atoms with van der Waals surface area (Å²) in [4.78, 5) is 30.6. The number of hydrogen-bond donors (Lipinski definition) is 2. The SMILES string of the molecule is O=C1NCCc2[nH]c(-c3ccnc(-c4ccccc4OC(=O)C(F)(F)F)c3)cc21. The summed E-state index contributed by atoms with van der Waals surface area (Å²) in [5, 5.41) is 2.77. The third kappa shape index (κ3) is 3.71. The molecule has 0 unspecified atom stereocenters. The van der Waals surface area contributed by atoms with Gasteiger partial charge in [0, 0.05) is 41.7 Å². The second-order valence-electron chi connectivity index (χ2n) is 6.39. The zero-order valence-electron chi connectivity index (χ0n) is 14.8. The Balaban J connectivity index is 1.70. The number of para-hydroxylation sites is 1. The molecule has 6 nitrogen and oxygen atoms in total. The molecule has 0 spiro atoms. The van der Waals surface area contributed by atoms with Gasteiger partial charge in [0.2, 0.25) is 0 Å². The molecular formula is C20H14F3N3O3. The van der Waals surface area contributed by atoms with E-state index in [1.54, 1.807) is 24.3 Å². The van der Waals surface area contributed by atoms with Gasteiger partial charge in [-0.15, -0.1) is 0 Å². The summed E-state index contributed by atoms with van der Waals surface area (Å²) in [6.07, 6.45) is -2.94. The highest BCUT2D eigenvalue weighted by Crippen LogP contribution is 2.33. The topological polar surface area (TPSA) is 84.1 Å². The van der Waals surface area contributed by atoms with E-state index in [1.165, 1.54) is 24.4 Å². The van der Waals surface area contributed by atoms with Crippen molar-refractivity contribution in [3.05, 3.63) is 59.9 Å². The lowest BCUT2D eigenvalue weighted by Gasteiger charge is -2.11. The number of rotatable bonds is 3. The molecule has 0 bridgehead atoms. The normalized spacial score (nSPS) is 13.6. The van der Waals surface area contributed by atoms with Crippen molar-refractivity contribution < 1.29 is 27.5 Å². The molecule has 0 atom stereocenters. The van der Waals surface area contributed by atoms with E-state index in [4.69, 9.17) is 0 Å². The zero-order chi connectivity index (χ0) is 20.6. The molecular weight excluding hydrogens is 387 g/mol. The smallest absolute Gasteiger partial charge is 0.419 e. The maximum absolute atomic E-state index is 12.6. The number of halogens is 3. The summed E-state index contributed by atoms with van der Waals surface area (Å²) >= 11 is 0. The Kier molecular flexibility index (Phi) is 4.57. The van der Waals surface area contributed by atoms with Crippen molar-refractivity contribution in [2.24, 2.45) is 0 Å². The first kappa shape index (κ1) is 18.7. The second-order valence-corrected chi connectivity index (χ2v) is 6.39. The van der Waals surface area contributed by atoms with Gasteiger partial charge in [-0.2, -0.15) is 13.2 Å². The standard InChI is InChI=1S/C20H14F3N3O3/c21-20(22,23)19(28)29-17-4-2-1-3-12(17)16-9-11(5-7-24-16)15-10-13-14(26-15)6-8-25-18(13)27/h1-5,7,9-10,26H,6,8H2,(H,25,27). The average Bonchev–Trinajstić information content (AvgIpc) is 3.14. The molecule has 2 aromatic heterocycles. The predicted molar refractivity (Wildman–Crippen MR) is 97.2 cm³/mol. The number of carbonyl (C=O) groups excluding carboxylic acids is 2. The summed E-state index contributed by atoms with van der Waals surface area (Å²) in [6, 6.07) is 10.9. The van der Waals surface area contributed by atoms with E-state index in [0.717, 1.165) is 5.69 Å². The predicted octanol–water partition coefficient (Wildman–Crippen LogP) is 3.50. The molecule has 0 aliphatic carbocycles. The molecule has 0 radical (unpaired) electrons. The fraction of sp³-hybridized carbons (Fsp3) is 0.150. The number of amides is 1. The highest BCUT2D eigenvalue weighted by atomic mass is 19.4. The molecule has 3 aromatic rings. The second kappa shape index (κ2) is 7.08. The number of H-pyrrole nitrogens is 1. The monoisotopic (exact) mass is 401 g/mol. The Hall–Kier alpha value is -3.62. The highest BCUT2D eigenvalue weighted by Gasteiger charge is 2.41. The number of ether oxygens (including phenoxy) is 1. The summed E-state index contributed by atoms with van der Waals surface area (Å²) in [5.74, 6) is -2.71. The lowest BCUT2D eigenvalue weighted by Crippen LogP contribution is -2.31. The van der Waals surface area contributed by atoms with Gasteiger partial charge in [0.1, 0.15) is 5.75 Å². The van der Waals surface area contributed by atoms with Crippen molar-refractivity contribution in [3.63, 3.8) is 0 Å². The Bertz CT molecular complexity index is 1110. The van der Waals surface area contributed by atoms with Crippen LogP contribution < -0.4 is 10.1 Å². The van der Waals surface area contributed by atoms with Crippen molar-refractivity contribution in [1.29, 1.82) is 0 Å². The number of nitrogens with one attached hydrogen (secondary N) is 2. The number of aromatic nitrogens is 2. The minimum absolute atomic E-state index is 0.160. The van der Waals surface area contributed by atoms with Gasteiger partial charge >= 0.3 is 12.1 Å². The summed E-state index contributed by atoms with van der Waals surface area (Å²) in [5.41, 5.74) is 3.31. The lowest BCUT2D eigenvalue weighted by atomic mass is 10.1. The van der Waals surface area contributed by atoms with E-state index in [9.17, 15) is 22.8 Å². The first-order valence-electron chi connectivity index (χ1n) is 8.68. The number of benzene rings is 1. The van der Waals surface area contributed by atoms with Crippen molar-refractivity contribution >= 4 is 11.9 Å². The van der Waals surface area contributed by atoms with Crippen molar-refractivity contribution in [1.82, 2.24) is 15.3 Å². The minimum Gasteiger partial charge on any atom is -0.419 e. The lowest BCUT2D eigenvalue weighted by molar-refractivity contribution is -0.189. The van der Waals surface area contributed by atoms with E-state index in [-0.39, 0.29) is 17.2 Å². The van der Waals surface area contributed by atoms with Crippen LogP contribution in [0.1, 0.15) is 16.1 Å². The minimum atomic E-state index is -5.10. The molecule has 1 aliphatic heterocycles. The van der Waals surface area contributed by atoms with Crippen LogP contribution in [0.4, 0.5) is 13.2 Å². The van der Waals surface area contributed by atoms with E-state index in [0.29, 0.717) is 35.5 Å². The molecule has 1 aliphatic rings. The average molecular weight is 401 g/mol. The number of alkyl halides is 3. The fourth-order valence-electron chi connectivity index (χ4n) is 3.12. The molecule has 2 N–H and O–H groups in total. The first-order valence-corrected chi connectivity index (χ1v) is 8.68. The number of aromatic amines is 1. The van der Waals surface area contributed by atoms with Crippen LogP contribution in [0, 0.1) is 0 Å². The van der Waals surface area contributed by atoms with Crippen molar-refractivity contribution in [3.8, 4) is 28.3 Å². The van der Waals surface area contributed by atoms with E-state index < -0.39 is 12.1 Å². The summed E-state index contributed by atoms with van der Waals surface area (Å²) in [6.45, 7) is 0.547. The van der Waals surface area contributed by atoms with Gasteiger partial charge < -0.3 is 15.0 Å². The number of hydrogen-bond acceptors (Lipinski definition) is 4. The molecule has 0 saturated carbocycles. The molecule has 3 heterocycles. The van der Waals surface area contributed by atoms with Gasteiger partial charge in [-0.05, 0) is 30.3 Å². The molecule has 0 saturated heterocycles. The summed E-state index contributed by atoms with van der Waals surface area (Å²) in [7, 11) is 0. The molecule has 148 valence electrons. The third-order valence-corrected chi connectivity index (χ3v) is 4.47.